The first-order chi connectivity index (χ1) is 11.6. The summed E-state index contributed by atoms with van der Waals surface area (Å²) in [5.74, 6) is 0. The van der Waals surface area contributed by atoms with Crippen LogP contribution in [0.2, 0.25) is 0 Å². The predicted molar refractivity (Wildman–Crippen MR) is 86.5 cm³/mol. The van der Waals surface area contributed by atoms with Crippen LogP contribution in [0.1, 0.15) is 11.6 Å². The third-order valence-corrected chi connectivity index (χ3v) is 6.01. The Morgan fingerprint density at radius 2 is 2.00 bits per heavy atom. The molecule has 0 aliphatic carbocycles. The molecule has 0 spiro atoms. The molecule has 1 fully saturated rings. The number of para-hydroxylation sites is 1. The Labute approximate surface area is 138 Å². The van der Waals surface area contributed by atoms with Crippen molar-refractivity contribution >= 4 is 20.9 Å². The molecule has 24 heavy (non-hydrogen) atoms. The first-order valence-corrected chi connectivity index (χ1v) is 8.82. The van der Waals surface area contributed by atoms with E-state index in [4.69, 9.17) is 5.26 Å². The Hall–Kier alpha value is -2.76. The Morgan fingerprint density at radius 1 is 1.21 bits per heavy atom. The van der Waals surface area contributed by atoms with Gasteiger partial charge < -0.3 is 0 Å². The Kier molecular flexibility index (Phi) is 3.33. The lowest BCUT2D eigenvalue weighted by atomic mass is 10.2. The highest BCUT2D eigenvalue weighted by Gasteiger charge is 2.39. The van der Waals surface area contributed by atoms with Gasteiger partial charge in [0.1, 0.15) is 11.0 Å². The summed E-state index contributed by atoms with van der Waals surface area (Å²) < 4.78 is 28.8. The molecule has 0 unspecified atom stereocenters. The third kappa shape index (κ3) is 2.26. The Balaban J connectivity index is 1.62. The summed E-state index contributed by atoms with van der Waals surface area (Å²) in [6.45, 7) is 0.663. The lowest BCUT2D eigenvalue weighted by molar-refractivity contribution is 0.191. The quantitative estimate of drug-likeness (QED) is 0.722. The number of aromatic nitrogens is 3. The summed E-state index contributed by atoms with van der Waals surface area (Å²) in [6, 6.07) is 10.7. The average molecular weight is 339 g/mol. The van der Waals surface area contributed by atoms with Gasteiger partial charge in [0.2, 0.25) is 10.0 Å². The molecule has 7 nitrogen and oxygen atoms in total. The molecule has 0 saturated carbocycles. The Bertz CT molecular complexity index is 1060. The number of sulfonamides is 1. The number of hydrogen-bond acceptors (Lipinski definition) is 5. The molecule has 0 amide bonds. The van der Waals surface area contributed by atoms with E-state index in [0.717, 1.165) is 5.39 Å². The zero-order chi connectivity index (χ0) is 16.7. The van der Waals surface area contributed by atoms with Crippen LogP contribution in [0.25, 0.3) is 10.9 Å². The molecule has 120 valence electrons. The molecule has 3 aromatic rings. The first-order valence-electron chi connectivity index (χ1n) is 7.38. The summed E-state index contributed by atoms with van der Waals surface area (Å²) in [4.78, 5) is 4.44. The number of pyridine rings is 1. The van der Waals surface area contributed by atoms with Crippen molar-refractivity contribution in [1.82, 2.24) is 19.1 Å². The van der Waals surface area contributed by atoms with Crippen LogP contribution in [-0.2, 0) is 10.0 Å². The molecule has 0 atom stereocenters. The molecule has 2 aromatic heterocycles. The minimum Gasteiger partial charge on any atom is -0.266 e. The third-order valence-electron chi connectivity index (χ3n) is 4.15. The molecule has 8 heteroatoms. The van der Waals surface area contributed by atoms with Gasteiger partial charge in [-0.1, -0.05) is 18.2 Å². The minimum absolute atomic E-state index is 0.0511. The van der Waals surface area contributed by atoms with Crippen molar-refractivity contribution in [3.05, 3.63) is 54.5 Å². The molecule has 1 aliphatic rings. The van der Waals surface area contributed by atoms with E-state index in [1.807, 2.05) is 18.2 Å². The zero-order valence-electron chi connectivity index (χ0n) is 12.6. The highest BCUT2D eigenvalue weighted by molar-refractivity contribution is 7.89. The molecular formula is C16H13N5O2S. The summed E-state index contributed by atoms with van der Waals surface area (Å²) in [7, 11) is -3.60. The number of benzene rings is 1. The van der Waals surface area contributed by atoms with Crippen molar-refractivity contribution in [1.29, 1.82) is 5.26 Å². The van der Waals surface area contributed by atoms with E-state index in [2.05, 4.69) is 10.1 Å². The highest BCUT2D eigenvalue weighted by atomic mass is 32.2. The number of nitrogens with zero attached hydrogens (tertiary/aromatic N) is 5. The lowest BCUT2D eigenvalue weighted by Crippen LogP contribution is -2.50. The van der Waals surface area contributed by atoms with Gasteiger partial charge in [0.05, 0.1) is 23.3 Å². The Morgan fingerprint density at radius 3 is 2.75 bits per heavy atom. The van der Waals surface area contributed by atoms with Crippen molar-refractivity contribution in [2.45, 2.75) is 10.9 Å². The number of fused-ring (bicyclic) bond motifs is 1. The van der Waals surface area contributed by atoms with Gasteiger partial charge in [-0.05, 0) is 12.1 Å². The average Bonchev–Trinajstić information content (AvgIpc) is 3.01. The van der Waals surface area contributed by atoms with E-state index in [9.17, 15) is 8.42 Å². The van der Waals surface area contributed by atoms with E-state index in [1.165, 1.54) is 10.5 Å². The van der Waals surface area contributed by atoms with Crippen LogP contribution < -0.4 is 0 Å². The first kappa shape index (κ1) is 14.8. The van der Waals surface area contributed by atoms with E-state index in [1.54, 1.807) is 35.3 Å². The molecule has 0 bridgehead atoms. The predicted octanol–water partition coefficient (Wildman–Crippen LogP) is 1.55. The van der Waals surface area contributed by atoms with Crippen molar-refractivity contribution in [3.63, 3.8) is 0 Å². The minimum atomic E-state index is -3.60. The van der Waals surface area contributed by atoms with Crippen LogP contribution >= 0.6 is 0 Å². The molecule has 3 heterocycles. The topological polar surface area (TPSA) is 91.9 Å². The molecule has 1 aliphatic heterocycles. The second kappa shape index (κ2) is 5.40. The SMILES string of the molecule is N#Cc1cnn(C2CN(S(=O)(=O)c3cccc4cccnc34)C2)c1. The van der Waals surface area contributed by atoms with Crippen LogP contribution in [0.5, 0.6) is 0 Å². The van der Waals surface area contributed by atoms with Crippen LogP contribution in [0.15, 0.2) is 53.8 Å². The summed E-state index contributed by atoms with van der Waals surface area (Å²) >= 11 is 0. The van der Waals surface area contributed by atoms with Crippen molar-refractivity contribution < 1.29 is 8.42 Å². The van der Waals surface area contributed by atoms with Gasteiger partial charge in [0.25, 0.3) is 0 Å². The second-order valence-corrected chi connectivity index (χ2v) is 7.53. The maximum atomic E-state index is 12.9. The fourth-order valence-corrected chi connectivity index (χ4v) is 4.48. The van der Waals surface area contributed by atoms with Crippen LogP contribution in [-0.4, -0.2) is 40.6 Å². The summed E-state index contributed by atoms with van der Waals surface area (Å²) in [5, 5.41) is 13.7. The summed E-state index contributed by atoms with van der Waals surface area (Å²) in [6.07, 6.45) is 4.70. The molecule has 0 N–H and O–H groups in total. The number of rotatable bonds is 3. The van der Waals surface area contributed by atoms with Gasteiger partial charge in [0, 0.05) is 30.9 Å². The smallest absolute Gasteiger partial charge is 0.245 e. The molecule has 1 aromatic carbocycles. The molecular weight excluding hydrogens is 326 g/mol. The van der Waals surface area contributed by atoms with Gasteiger partial charge in [-0.15, -0.1) is 0 Å². The zero-order valence-corrected chi connectivity index (χ0v) is 13.4. The summed E-state index contributed by atoms with van der Waals surface area (Å²) in [5.41, 5.74) is 0.948. The van der Waals surface area contributed by atoms with Gasteiger partial charge in [-0.3, -0.25) is 9.67 Å². The van der Waals surface area contributed by atoms with Crippen LogP contribution in [0.4, 0.5) is 0 Å². The second-order valence-electron chi connectivity index (χ2n) is 5.63. The number of hydrogen-bond donors (Lipinski definition) is 0. The van der Waals surface area contributed by atoms with Gasteiger partial charge >= 0.3 is 0 Å². The maximum absolute atomic E-state index is 12.9. The largest absolute Gasteiger partial charge is 0.266 e. The van der Waals surface area contributed by atoms with Gasteiger partial charge in [0.15, 0.2) is 0 Å². The normalized spacial score (nSPS) is 16.0. The van der Waals surface area contributed by atoms with Crippen LogP contribution in [0.3, 0.4) is 0 Å². The van der Waals surface area contributed by atoms with E-state index < -0.39 is 10.0 Å². The van der Waals surface area contributed by atoms with Crippen molar-refractivity contribution in [2.75, 3.05) is 13.1 Å². The van der Waals surface area contributed by atoms with E-state index in [0.29, 0.717) is 24.2 Å². The fourth-order valence-electron chi connectivity index (χ4n) is 2.80. The maximum Gasteiger partial charge on any atom is 0.245 e. The van der Waals surface area contributed by atoms with Crippen LogP contribution in [0, 0.1) is 11.3 Å². The number of nitriles is 1. The van der Waals surface area contributed by atoms with Gasteiger partial charge in [-0.2, -0.15) is 14.7 Å². The molecule has 4 rings (SSSR count). The fraction of sp³-hybridized carbons (Fsp3) is 0.188. The van der Waals surface area contributed by atoms with E-state index >= 15 is 0 Å². The van der Waals surface area contributed by atoms with Crippen molar-refractivity contribution in [3.8, 4) is 6.07 Å². The molecule has 0 radical (unpaired) electrons. The monoisotopic (exact) mass is 339 g/mol. The van der Waals surface area contributed by atoms with Gasteiger partial charge in [-0.25, -0.2) is 8.42 Å². The highest BCUT2D eigenvalue weighted by Crippen LogP contribution is 2.30. The molecule has 1 saturated heterocycles. The van der Waals surface area contributed by atoms with E-state index in [-0.39, 0.29) is 10.9 Å². The van der Waals surface area contributed by atoms with Crippen molar-refractivity contribution in [2.24, 2.45) is 0 Å². The standard InChI is InChI=1S/C16H13N5O2S/c17-7-12-8-19-21(9-12)14-10-20(11-14)24(22,23)15-5-1-3-13-4-2-6-18-16(13)15/h1-6,8-9,14H,10-11H2. The lowest BCUT2D eigenvalue weighted by Gasteiger charge is -2.38.